The molecule has 0 aromatic heterocycles. The first kappa shape index (κ1) is 15.0. The molecule has 1 aromatic carbocycles. The molecule has 0 bridgehead atoms. The van der Waals surface area contributed by atoms with E-state index in [1.807, 2.05) is 24.3 Å². The lowest BCUT2D eigenvalue weighted by molar-refractivity contribution is 0.311. The molecule has 102 valence electrons. The van der Waals surface area contributed by atoms with Crippen LogP contribution in [0.2, 0.25) is 0 Å². The lowest BCUT2D eigenvalue weighted by atomic mass is 10.1. The summed E-state index contributed by atoms with van der Waals surface area (Å²) in [6.07, 6.45) is 2.49. The summed E-state index contributed by atoms with van der Waals surface area (Å²) in [5.41, 5.74) is 6.70. The molecule has 0 aliphatic rings. The molecule has 3 heteroatoms. The van der Waals surface area contributed by atoms with Crippen LogP contribution >= 0.6 is 0 Å². The smallest absolute Gasteiger partial charge is 0.119 e. The van der Waals surface area contributed by atoms with Gasteiger partial charge in [-0.15, -0.1) is 0 Å². The van der Waals surface area contributed by atoms with Crippen LogP contribution in [0.4, 0.5) is 0 Å². The first-order valence-corrected chi connectivity index (χ1v) is 6.88. The van der Waals surface area contributed by atoms with Crippen molar-refractivity contribution < 1.29 is 4.74 Å². The van der Waals surface area contributed by atoms with E-state index in [4.69, 9.17) is 10.5 Å². The van der Waals surface area contributed by atoms with Crippen LogP contribution in [-0.2, 0) is 6.54 Å². The standard InChI is InChI=1S/C15H26N2O/c1-3-13(2)7-8-17-9-10-18-15-6-4-5-14(11-15)12-16/h4-6,11,13,17H,3,7-10,12,16H2,1-2H3. The summed E-state index contributed by atoms with van der Waals surface area (Å²) in [7, 11) is 0. The zero-order chi connectivity index (χ0) is 13.2. The van der Waals surface area contributed by atoms with Crippen molar-refractivity contribution in [2.24, 2.45) is 11.7 Å². The lowest BCUT2D eigenvalue weighted by Gasteiger charge is -2.10. The van der Waals surface area contributed by atoms with Crippen LogP contribution in [0, 0.1) is 5.92 Å². The molecule has 0 amide bonds. The molecular weight excluding hydrogens is 224 g/mol. The van der Waals surface area contributed by atoms with E-state index >= 15 is 0 Å². The zero-order valence-corrected chi connectivity index (χ0v) is 11.6. The maximum atomic E-state index is 5.66. The molecule has 1 atom stereocenters. The molecule has 1 rings (SSSR count). The van der Waals surface area contributed by atoms with Gasteiger partial charge in [-0.05, 0) is 36.6 Å². The van der Waals surface area contributed by atoms with Gasteiger partial charge in [0.2, 0.25) is 0 Å². The quantitative estimate of drug-likeness (QED) is 0.662. The number of benzene rings is 1. The molecule has 3 nitrogen and oxygen atoms in total. The summed E-state index contributed by atoms with van der Waals surface area (Å²) in [4.78, 5) is 0. The number of nitrogens with one attached hydrogen (secondary N) is 1. The van der Waals surface area contributed by atoms with Crippen LogP contribution < -0.4 is 15.8 Å². The van der Waals surface area contributed by atoms with E-state index in [0.29, 0.717) is 13.2 Å². The third kappa shape index (κ3) is 6.03. The first-order chi connectivity index (χ1) is 8.76. The van der Waals surface area contributed by atoms with Crippen molar-refractivity contribution >= 4 is 0 Å². The second-order valence-electron chi connectivity index (χ2n) is 4.75. The number of rotatable bonds is 9. The van der Waals surface area contributed by atoms with Gasteiger partial charge in [0.05, 0.1) is 0 Å². The minimum absolute atomic E-state index is 0.560. The summed E-state index contributed by atoms with van der Waals surface area (Å²) in [6.45, 7) is 7.75. The van der Waals surface area contributed by atoms with Crippen LogP contribution in [-0.4, -0.2) is 19.7 Å². The van der Waals surface area contributed by atoms with E-state index in [9.17, 15) is 0 Å². The summed E-state index contributed by atoms with van der Waals surface area (Å²) in [6, 6.07) is 7.96. The van der Waals surface area contributed by atoms with Gasteiger partial charge < -0.3 is 15.8 Å². The van der Waals surface area contributed by atoms with Gasteiger partial charge in [0.25, 0.3) is 0 Å². The van der Waals surface area contributed by atoms with Crippen molar-refractivity contribution in [2.75, 3.05) is 19.7 Å². The van der Waals surface area contributed by atoms with E-state index < -0.39 is 0 Å². The van der Waals surface area contributed by atoms with Crippen molar-refractivity contribution in [3.63, 3.8) is 0 Å². The van der Waals surface area contributed by atoms with Crippen LogP contribution in [0.25, 0.3) is 0 Å². The Morgan fingerprint density at radius 1 is 1.33 bits per heavy atom. The summed E-state index contributed by atoms with van der Waals surface area (Å²) < 4.78 is 5.66. The van der Waals surface area contributed by atoms with E-state index in [1.54, 1.807) is 0 Å². The number of hydrogen-bond donors (Lipinski definition) is 2. The molecule has 0 spiro atoms. The van der Waals surface area contributed by atoms with E-state index in [-0.39, 0.29) is 0 Å². The van der Waals surface area contributed by atoms with Gasteiger partial charge in [0, 0.05) is 13.1 Å². The van der Waals surface area contributed by atoms with Gasteiger partial charge in [-0.3, -0.25) is 0 Å². The van der Waals surface area contributed by atoms with E-state index in [0.717, 1.165) is 30.3 Å². The van der Waals surface area contributed by atoms with E-state index in [2.05, 4.69) is 19.2 Å². The third-order valence-corrected chi connectivity index (χ3v) is 3.19. The van der Waals surface area contributed by atoms with Gasteiger partial charge in [0.1, 0.15) is 12.4 Å². The van der Waals surface area contributed by atoms with Crippen LogP contribution in [0.1, 0.15) is 32.3 Å². The van der Waals surface area contributed by atoms with Gasteiger partial charge in [-0.25, -0.2) is 0 Å². The van der Waals surface area contributed by atoms with Gasteiger partial charge in [-0.1, -0.05) is 32.4 Å². The molecule has 0 aliphatic heterocycles. The maximum Gasteiger partial charge on any atom is 0.119 e. The Bertz CT molecular complexity index is 328. The maximum absolute atomic E-state index is 5.66. The average Bonchev–Trinajstić information content (AvgIpc) is 2.42. The first-order valence-electron chi connectivity index (χ1n) is 6.88. The Balaban J connectivity index is 2.10. The SMILES string of the molecule is CCC(C)CCNCCOc1cccc(CN)c1. The Morgan fingerprint density at radius 3 is 2.89 bits per heavy atom. The van der Waals surface area contributed by atoms with Crippen molar-refractivity contribution in [3.05, 3.63) is 29.8 Å². The molecule has 1 unspecified atom stereocenters. The molecule has 18 heavy (non-hydrogen) atoms. The summed E-state index contributed by atoms with van der Waals surface area (Å²) in [5, 5.41) is 3.40. The van der Waals surface area contributed by atoms with Crippen molar-refractivity contribution in [1.82, 2.24) is 5.32 Å². The van der Waals surface area contributed by atoms with Gasteiger partial charge in [-0.2, -0.15) is 0 Å². The Labute approximate surface area is 111 Å². The zero-order valence-electron chi connectivity index (χ0n) is 11.6. The monoisotopic (exact) mass is 250 g/mol. The lowest BCUT2D eigenvalue weighted by Crippen LogP contribution is -2.23. The minimum Gasteiger partial charge on any atom is -0.492 e. The average molecular weight is 250 g/mol. The Hall–Kier alpha value is -1.06. The Kier molecular flexibility index (Phi) is 7.46. The molecule has 0 heterocycles. The highest BCUT2D eigenvalue weighted by Gasteiger charge is 1.98. The Morgan fingerprint density at radius 2 is 2.17 bits per heavy atom. The predicted molar refractivity (Wildman–Crippen MR) is 76.8 cm³/mol. The molecule has 1 aromatic rings. The summed E-state index contributed by atoms with van der Waals surface area (Å²) in [5.74, 6) is 1.71. The van der Waals surface area contributed by atoms with Crippen molar-refractivity contribution in [2.45, 2.75) is 33.2 Å². The predicted octanol–water partition coefficient (Wildman–Crippen LogP) is 2.55. The van der Waals surface area contributed by atoms with Crippen LogP contribution in [0.15, 0.2) is 24.3 Å². The molecule has 0 saturated carbocycles. The minimum atomic E-state index is 0.560. The van der Waals surface area contributed by atoms with Crippen molar-refractivity contribution in [3.8, 4) is 5.75 Å². The molecule has 0 fully saturated rings. The van der Waals surface area contributed by atoms with E-state index in [1.165, 1.54) is 12.8 Å². The van der Waals surface area contributed by atoms with Crippen LogP contribution in [0.3, 0.4) is 0 Å². The number of nitrogens with two attached hydrogens (primary N) is 1. The van der Waals surface area contributed by atoms with Gasteiger partial charge >= 0.3 is 0 Å². The fourth-order valence-corrected chi connectivity index (χ4v) is 1.68. The highest BCUT2D eigenvalue weighted by atomic mass is 16.5. The van der Waals surface area contributed by atoms with Crippen LogP contribution in [0.5, 0.6) is 5.75 Å². The normalized spacial score (nSPS) is 12.4. The molecule has 0 aliphatic carbocycles. The molecule has 0 saturated heterocycles. The van der Waals surface area contributed by atoms with Gasteiger partial charge in [0.15, 0.2) is 0 Å². The molecular formula is C15H26N2O. The largest absolute Gasteiger partial charge is 0.492 e. The topological polar surface area (TPSA) is 47.3 Å². The second kappa shape index (κ2) is 8.95. The summed E-state index contributed by atoms with van der Waals surface area (Å²) >= 11 is 0. The molecule has 3 N–H and O–H groups in total. The second-order valence-corrected chi connectivity index (χ2v) is 4.75. The molecule has 0 radical (unpaired) electrons. The third-order valence-electron chi connectivity index (χ3n) is 3.19. The number of ether oxygens (including phenoxy) is 1. The fraction of sp³-hybridized carbons (Fsp3) is 0.600. The highest BCUT2D eigenvalue weighted by Crippen LogP contribution is 2.12. The number of hydrogen-bond acceptors (Lipinski definition) is 3. The highest BCUT2D eigenvalue weighted by molar-refractivity contribution is 5.28. The fourth-order valence-electron chi connectivity index (χ4n) is 1.68. The van der Waals surface area contributed by atoms with Crippen molar-refractivity contribution in [1.29, 1.82) is 0 Å².